The summed E-state index contributed by atoms with van der Waals surface area (Å²) in [5.41, 5.74) is 0.738. The molecule has 0 bridgehead atoms. The van der Waals surface area contributed by atoms with Crippen molar-refractivity contribution in [3.8, 4) is 5.75 Å². The smallest absolute Gasteiger partial charge is 0.313 e. The number of hydrogen-bond donors (Lipinski definition) is 2. The van der Waals surface area contributed by atoms with Gasteiger partial charge >= 0.3 is 11.8 Å². The normalized spacial score (nSPS) is 16.0. The number of nitrogens with one attached hydrogen (secondary N) is 2. The van der Waals surface area contributed by atoms with Gasteiger partial charge in [0.25, 0.3) is 0 Å². The number of methoxy groups -OCH3 is 2. The highest BCUT2D eigenvalue weighted by Gasteiger charge is 2.28. The fourth-order valence-electron chi connectivity index (χ4n) is 2.56. The minimum absolute atomic E-state index is 0.0935. The maximum absolute atomic E-state index is 12.3. The molecule has 2 amide bonds. The number of ether oxygens (including phenoxy) is 2. The molecule has 0 saturated carbocycles. The molecule has 0 aliphatic carbocycles. The monoisotopic (exact) mass is 385 g/mol. The fraction of sp³-hybridized carbons (Fsp3) is 0.500. The van der Waals surface area contributed by atoms with Crippen LogP contribution in [0.1, 0.15) is 12.8 Å². The molecular formula is C16H23N3O6S. The molecule has 2 N–H and O–H groups in total. The van der Waals surface area contributed by atoms with Crippen LogP contribution in [0, 0.1) is 0 Å². The van der Waals surface area contributed by atoms with Crippen molar-refractivity contribution in [3.05, 3.63) is 18.2 Å². The van der Waals surface area contributed by atoms with Crippen molar-refractivity contribution in [3.63, 3.8) is 0 Å². The average Bonchev–Trinajstić information content (AvgIpc) is 2.61. The van der Waals surface area contributed by atoms with E-state index in [1.54, 1.807) is 6.07 Å². The highest BCUT2D eigenvalue weighted by atomic mass is 32.2. The van der Waals surface area contributed by atoms with Crippen LogP contribution in [0.15, 0.2) is 18.2 Å². The van der Waals surface area contributed by atoms with E-state index in [1.807, 2.05) is 0 Å². The van der Waals surface area contributed by atoms with Gasteiger partial charge in [0.1, 0.15) is 5.75 Å². The maximum atomic E-state index is 12.3. The van der Waals surface area contributed by atoms with Crippen LogP contribution in [-0.2, 0) is 24.3 Å². The van der Waals surface area contributed by atoms with Crippen LogP contribution in [0.25, 0.3) is 0 Å². The minimum Gasteiger partial charge on any atom is -0.494 e. The van der Waals surface area contributed by atoms with Gasteiger partial charge in [0.05, 0.1) is 25.2 Å². The highest BCUT2D eigenvalue weighted by molar-refractivity contribution is 7.92. The molecule has 1 saturated heterocycles. The lowest BCUT2D eigenvalue weighted by molar-refractivity contribution is -0.136. The van der Waals surface area contributed by atoms with Gasteiger partial charge in [-0.3, -0.25) is 13.9 Å². The standard InChI is InChI=1S/C16H23N3O6S/c1-24-9-7-17-15(20)16(21)18-12-5-6-13(14(11-12)25-2)19-8-3-4-10-26(19,22)23/h5-6,11H,3-4,7-10H2,1-2H3,(H,17,20)(H,18,21). The van der Waals surface area contributed by atoms with E-state index in [2.05, 4.69) is 10.6 Å². The van der Waals surface area contributed by atoms with Crippen LogP contribution in [0.4, 0.5) is 11.4 Å². The summed E-state index contributed by atoms with van der Waals surface area (Å²) in [6, 6.07) is 4.57. The number of carbonyl (C=O) groups excluding carboxylic acids is 2. The average molecular weight is 385 g/mol. The van der Waals surface area contributed by atoms with Crippen molar-refractivity contribution < 1.29 is 27.5 Å². The molecule has 144 valence electrons. The predicted molar refractivity (Wildman–Crippen MR) is 96.9 cm³/mol. The van der Waals surface area contributed by atoms with Gasteiger partial charge in [-0.1, -0.05) is 0 Å². The van der Waals surface area contributed by atoms with Gasteiger partial charge in [0, 0.05) is 32.0 Å². The molecule has 1 aromatic rings. The molecule has 1 aliphatic rings. The Morgan fingerprint density at radius 2 is 1.96 bits per heavy atom. The van der Waals surface area contributed by atoms with Gasteiger partial charge in [0.2, 0.25) is 10.0 Å². The van der Waals surface area contributed by atoms with Crippen LogP contribution < -0.4 is 19.7 Å². The first-order valence-corrected chi connectivity index (χ1v) is 9.76. The summed E-state index contributed by atoms with van der Waals surface area (Å²) in [7, 11) is -0.478. The van der Waals surface area contributed by atoms with Crippen molar-refractivity contribution in [2.24, 2.45) is 0 Å². The third kappa shape index (κ3) is 4.85. The van der Waals surface area contributed by atoms with E-state index in [0.29, 0.717) is 36.7 Å². The lowest BCUT2D eigenvalue weighted by Gasteiger charge is -2.29. The number of anilines is 2. The van der Waals surface area contributed by atoms with Gasteiger partial charge in [-0.2, -0.15) is 0 Å². The van der Waals surface area contributed by atoms with Gasteiger partial charge in [-0.25, -0.2) is 8.42 Å². The number of carbonyl (C=O) groups is 2. The minimum atomic E-state index is -3.38. The van der Waals surface area contributed by atoms with E-state index in [9.17, 15) is 18.0 Å². The third-order valence-corrected chi connectivity index (χ3v) is 5.71. The molecule has 0 radical (unpaired) electrons. The fourth-order valence-corrected chi connectivity index (χ4v) is 4.20. The number of amides is 2. The Bertz CT molecular complexity index is 765. The van der Waals surface area contributed by atoms with Crippen molar-refractivity contribution in [1.29, 1.82) is 0 Å². The van der Waals surface area contributed by atoms with Crippen LogP contribution >= 0.6 is 0 Å². The first-order valence-electron chi connectivity index (χ1n) is 8.15. The number of benzene rings is 1. The maximum Gasteiger partial charge on any atom is 0.313 e. The van der Waals surface area contributed by atoms with E-state index < -0.39 is 21.8 Å². The van der Waals surface area contributed by atoms with Gasteiger partial charge < -0.3 is 20.1 Å². The Hall–Kier alpha value is -2.33. The highest BCUT2D eigenvalue weighted by Crippen LogP contribution is 2.34. The Morgan fingerprint density at radius 1 is 1.19 bits per heavy atom. The van der Waals surface area contributed by atoms with Crippen LogP contribution in [-0.4, -0.2) is 59.9 Å². The van der Waals surface area contributed by atoms with Crippen molar-refractivity contribution in [2.75, 3.05) is 49.3 Å². The molecule has 1 aliphatic heterocycles. The number of nitrogens with zero attached hydrogens (tertiary/aromatic N) is 1. The van der Waals surface area contributed by atoms with E-state index in [4.69, 9.17) is 9.47 Å². The van der Waals surface area contributed by atoms with Gasteiger partial charge in [-0.15, -0.1) is 0 Å². The molecule has 10 heteroatoms. The molecular weight excluding hydrogens is 362 g/mol. The van der Waals surface area contributed by atoms with Gasteiger partial charge in [-0.05, 0) is 25.0 Å². The second kappa shape index (κ2) is 8.86. The molecule has 1 heterocycles. The molecule has 0 atom stereocenters. The molecule has 0 aromatic heterocycles. The Kier molecular flexibility index (Phi) is 6.81. The van der Waals surface area contributed by atoms with Gasteiger partial charge in [0.15, 0.2) is 0 Å². The summed E-state index contributed by atoms with van der Waals surface area (Å²) in [6.45, 7) is 0.899. The first kappa shape index (κ1) is 20.0. The van der Waals surface area contributed by atoms with Crippen molar-refractivity contribution in [2.45, 2.75) is 12.8 Å². The summed E-state index contributed by atoms with van der Waals surface area (Å²) in [5, 5.41) is 4.87. The lowest BCUT2D eigenvalue weighted by atomic mass is 10.2. The topological polar surface area (TPSA) is 114 Å². The zero-order chi connectivity index (χ0) is 19.2. The van der Waals surface area contributed by atoms with Crippen LogP contribution in [0.2, 0.25) is 0 Å². The van der Waals surface area contributed by atoms with E-state index in [1.165, 1.54) is 30.7 Å². The molecule has 0 unspecified atom stereocenters. The molecule has 0 spiro atoms. The van der Waals surface area contributed by atoms with Crippen LogP contribution in [0.3, 0.4) is 0 Å². The van der Waals surface area contributed by atoms with E-state index in [-0.39, 0.29) is 12.3 Å². The van der Waals surface area contributed by atoms with Crippen LogP contribution in [0.5, 0.6) is 5.75 Å². The second-order valence-electron chi connectivity index (χ2n) is 5.68. The van der Waals surface area contributed by atoms with E-state index in [0.717, 1.165) is 6.42 Å². The zero-order valence-corrected chi connectivity index (χ0v) is 15.6. The summed E-state index contributed by atoms with van der Waals surface area (Å²) >= 11 is 0. The lowest BCUT2D eigenvalue weighted by Crippen LogP contribution is -2.38. The molecule has 9 nitrogen and oxygen atoms in total. The first-order chi connectivity index (χ1) is 12.4. The second-order valence-corrected chi connectivity index (χ2v) is 7.70. The summed E-state index contributed by atoms with van der Waals surface area (Å²) in [6.07, 6.45) is 1.40. The molecule has 26 heavy (non-hydrogen) atoms. The molecule has 1 aromatic carbocycles. The largest absolute Gasteiger partial charge is 0.494 e. The zero-order valence-electron chi connectivity index (χ0n) is 14.8. The summed E-state index contributed by atoms with van der Waals surface area (Å²) < 4.78 is 35.9. The Labute approximate surface area is 152 Å². The number of hydrogen-bond acceptors (Lipinski definition) is 6. The number of sulfonamides is 1. The Balaban J connectivity index is 2.13. The summed E-state index contributed by atoms with van der Waals surface area (Å²) in [4.78, 5) is 23.6. The molecule has 2 rings (SSSR count). The van der Waals surface area contributed by atoms with Crippen molar-refractivity contribution >= 4 is 33.2 Å². The van der Waals surface area contributed by atoms with Crippen molar-refractivity contribution in [1.82, 2.24) is 5.32 Å². The number of rotatable bonds is 6. The predicted octanol–water partition coefficient (Wildman–Crippen LogP) is 0.326. The molecule has 1 fully saturated rings. The third-order valence-electron chi connectivity index (χ3n) is 3.85. The Morgan fingerprint density at radius 3 is 2.62 bits per heavy atom. The quantitative estimate of drug-likeness (QED) is 0.539. The SMILES string of the molecule is COCCNC(=O)C(=O)Nc1ccc(N2CCCCS2(=O)=O)c(OC)c1. The van der Waals surface area contributed by atoms with E-state index >= 15 is 0 Å². The summed E-state index contributed by atoms with van der Waals surface area (Å²) in [5.74, 6) is -1.23.